The average molecular weight is 544 g/mol. The lowest BCUT2D eigenvalue weighted by Gasteiger charge is -2.18. The second-order valence-electron chi connectivity index (χ2n) is 8.95. The minimum absolute atomic E-state index is 0.189. The monoisotopic (exact) mass is 543 g/mol. The zero-order chi connectivity index (χ0) is 27.9. The molecule has 39 heavy (non-hydrogen) atoms. The van der Waals surface area contributed by atoms with Gasteiger partial charge in [0.25, 0.3) is 0 Å². The van der Waals surface area contributed by atoms with Gasteiger partial charge >= 0.3 is 0 Å². The SMILES string of the molecule is CCOc1cc([C@@H](C[N+](=O)[O-])Sc2nnc(C)n2-c2ccc(C)c(C)c2)ccc1OCc1ccccc1C#N. The minimum atomic E-state index is -0.554. The lowest BCUT2D eigenvalue weighted by molar-refractivity contribution is -0.479. The number of rotatable bonds is 11. The fourth-order valence-electron chi connectivity index (χ4n) is 4.08. The van der Waals surface area contributed by atoms with Gasteiger partial charge in [0.05, 0.1) is 18.2 Å². The Labute approximate surface area is 231 Å². The third-order valence-corrected chi connectivity index (χ3v) is 7.45. The first-order chi connectivity index (χ1) is 18.8. The predicted octanol–water partition coefficient (Wildman–Crippen LogP) is 6.15. The summed E-state index contributed by atoms with van der Waals surface area (Å²) in [5.74, 6) is 1.66. The molecule has 0 amide bonds. The predicted molar refractivity (Wildman–Crippen MR) is 149 cm³/mol. The number of nitriles is 1. The normalized spacial score (nSPS) is 11.6. The number of hydrogen-bond acceptors (Lipinski definition) is 8. The van der Waals surface area contributed by atoms with Crippen LogP contribution in [0.1, 0.15) is 45.8 Å². The van der Waals surface area contributed by atoms with Gasteiger partial charge in [-0.05, 0) is 74.7 Å². The Hall–Kier alpha value is -4.36. The molecule has 0 aliphatic rings. The summed E-state index contributed by atoms with van der Waals surface area (Å²) in [5, 5.41) is 29.7. The molecule has 1 atom stereocenters. The highest BCUT2D eigenvalue weighted by Gasteiger charge is 2.25. The number of aromatic nitrogens is 3. The van der Waals surface area contributed by atoms with E-state index in [0.717, 1.165) is 16.8 Å². The van der Waals surface area contributed by atoms with Gasteiger partial charge in [-0.2, -0.15) is 5.26 Å². The first-order valence-electron chi connectivity index (χ1n) is 12.5. The number of hydrogen-bond donors (Lipinski definition) is 0. The minimum Gasteiger partial charge on any atom is -0.490 e. The van der Waals surface area contributed by atoms with E-state index in [0.29, 0.717) is 40.2 Å². The van der Waals surface area contributed by atoms with Crippen molar-refractivity contribution >= 4 is 11.8 Å². The van der Waals surface area contributed by atoms with E-state index >= 15 is 0 Å². The number of ether oxygens (including phenoxy) is 2. The number of nitro groups is 1. The van der Waals surface area contributed by atoms with E-state index in [9.17, 15) is 15.4 Å². The Balaban J connectivity index is 1.64. The summed E-state index contributed by atoms with van der Waals surface area (Å²) in [4.78, 5) is 11.4. The third-order valence-electron chi connectivity index (χ3n) is 6.27. The van der Waals surface area contributed by atoms with Crippen molar-refractivity contribution in [2.45, 2.75) is 44.7 Å². The number of benzene rings is 3. The molecule has 9 nitrogen and oxygen atoms in total. The molecule has 4 rings (SSSR count). The van der Waals surface area contributed by atoms with E-state index in [2.05, 4.69) is 22.3 Å². The third kappa shape index (κ3) is 6.56. The molecule has 0 unspecified atom stereocenters. The van der Waals surface area contributed by atoms with Crippen molar-refractivity contribution < 1.29 is 14.4 Å². The standard InChI is InChI=1S/C29H29N5O4S/c1-5-37-27-15-22(11-13-26(27)38-18-24-9-7-6-8-23(24)16-30)28(17-33(35)36)39-29-32-31-21(4)34(29)25-12-10-19(2)20(3)14-25/h6-15,28H,5,17-18H2,1-4H3/t28-/m1/s1. The van der Waals surface area contributed by atoms with Crippen molar-refractivity contribution in [1.82, 2.24) is 14.8 Å². The summed E-state index contributed by atoms with van der Waals surface area (Å²) in [7, 11) is 0. The second kappa shape index (κ2) is 12.5. The summed E-state index contributed by atoms with van der Waals surface area (Å²) in [6.07, 6.45) is 0. The van der Waals surface area contributed by atoms with Gasteiger partial charge < -0.3 is 9.47 Å². The van der Waals surface area contributed by atoms with Crippen LogP contribution < -0.4 is 9.47 Å². The maximum Gasteiger partial charge on any atom is 0.220 e. The molecule has 0 saturated carbocycles. The van der Waals surface area contributed by atoms with Crippen LogP contribution in [0.5, 0.6) is 11.5 Å². The van der Waals surface area contributed by atoms with Gasteiger partial charge in [-0.25, -0.2) is 0 Å². The van der Waals surface area contributed by atoms with Crippen molar-refractivity contribution in [3.05, 3.63) is 104 Å². The number of nitrogens with zero attached hydrogens (tertiary/aromatic N) is 5. The van der Waals surface area contributed by atoms with Crippen molar-refractivity contribution in [3.8, 4) is 23.3 Å². The van der Waals surface area contributed by atoms with Crippen LogP contribution in [0, 0.1) is 42.2 Å². The summed E-state index contributed by atoms with van der Waals surface area (Å²) >= 11 is 1.29. The van der Waals surface area contributed by atoms with Crippen molar-refractivity contribution in [1.29, 1.82) is 5.26 Å². The van der Waals surface area contributed by atoms with Crippen LogP contribution in [0.15, 0.2) is 65.8 Å². The molecule has 0 radical (unpaired) electrons. The highest BCUT2D eigenvalue weighted by molar-refractivity contribution is 7.99. The van der Waals surface area contributed by atoms with E-state index in [-0.39, 0.29) is 18.1 Å². The van der Waals surface area contributed by atoms with Crippen LogP contribution in [0.25, 0.3) is 5.69 Å². The molecule has 0 aliphatic heterocycles. The van der Waals surface area contributed by atoms with Gasteiger partial charge in [0.15, 0.2) is 16.7 Å². The molecule has 1 aromatic heterocycles. The highest BCUT2D eigenvalue weighted by atomic mass is 32.2. The molecule has 0 saturated heterocycles. The van der Waals surface area contributed by atoms with Crippen LogP contribution in [0.2, 0.25) is 0 Å². The highest BCUT2D eigenvalue weighted by Crippen LogP contribution is 2.40. The maximum atomic E-state index is 11.7. The molecule has 10 heteroatoms. The molecular formula is C29H29N5O4S. The van der Waals surface area contributed by atoms with E-state index in [1.54, 1.807) is 30.3 Å². The molecule has 200 valence electrons. The van der Waals surface area contributed by atoms with Crippen LogP contribution in [0.4, 0.5) is 0 Å². The Kier molecular flexibility index (Phi) is 8.84. The van der Waals surface area contributed by atoms with Gasteiger partial charge in [0.2, 0.25) is 6.54 Å². The van der Waals surface area contributed by atoms with Crippen molar-refractivity contribution in [3.63, 3.8) is 0 Å². The van der Waals surface area contributed by atoms with Crippen LogP contribution >= 0.6 is 11.8 Å². The van der Waals surface area contributed by atoms with Crippen LogP contribution in [-0.2, 0) is 6.61 Å². The Bertz CT molecular complexity index is 1530. The molecule has 0 spiro atoms. The van der Waals surface area contributed by atoms with Crippen molar-refractivity contribution in [2.75, 3.05) is 13.2 Å². The number of thioether (sulfide) groups is 1. The molecule has 4 aromatic rings. The van der Waals surface area contributed by atoms with Crippen molar-refractivity contribution in [2.24, 2.45) is 0 Å². The zero-order valence-electron chi connectivity index (χ0n) is 22.2. The Morgan fingerprint density at radius 3 is 2.54 bits per heavy atom. The van der Waals surface area contributed by atoms with Crippen LogP contribution in [-0.4, -0.2) is 32.8 Å². The van der Waals surface area contributed by atoms with E-state index in [1.807, 2.05) is 56.5 Å². The molecule has 3 aromatic carbocycles. The molecule has 0 N–H and O–H groups in total. The second-order valence-corrected chi connectivity index (χ2v) is 10.1. The lowest BCUT2D eigenvalue weighted by Crippen LogP contribution is -2.12. The molecule has 1 heterocycles. The fraction of sp³-hybridized carbons (Fsp3) is 0.276. The summed E-state index contributed by atoms with van der Waals surface area (Å²) in [6.45, 7) is 8.07. The Morgan fingerprint density at radius 1 is 1.03 bits per heavy atom. The van der Waals surface area contributed by atoms with Crippen LogP contribution in [0.3, 0.4) is 0 Å². The van der Waals surface area contributed by atoms with E-state index in [4.69, 9.17) is 9.47 Å². The molecule has 0 aliphatic carbocycles. The lowest BCUT2D eigenvalue weighted by atomic mass is 10.1. The maximum absolute atomic E-state index is 11.7. The van der Waals surface area contributed by atoms with Gasteiger partial charge in [-0.15, -0.1) is 10.2 Å². The van der Waals surface area contributed by atoms with Gasteiger partial charge in [0, 0.05) is 16.2 Å². The summed E-state index contributed by atoms with van der Waals surface area (Å²) < 4.78 is 13.8. The number of aryl methyl sites for hydroxylation is 3. The summed E-state index contributed by atoms with van der Waals surface area (Å²) in [6, 6.07) is 20.8. The quantitative estimate of drug-likeness (QED) is 0.126. The Morgan fingerprint density at radius 2 is 1.82 bits per heavy atom. The van der Waals surface area contributed by atoms with E-state index < -0.39 is 5.25 Å². The first-order valence-corrected chi connectivity index (χ1v) is 13.3. The average Bonchev–Trinajstić information content (AvgIpc) is 3.28. The topological polar surface area (TPSA) is 116 Å². The summed E-state index contributed by atoms with van der Waals surface area (Å²) in [5.41, 5.74) is 5.21. The zero-order valence-corrected chi connectivity index (χ0v) is 23.1. The largest absolute Gasteiger partial charge is 0.490 e. The smallest absolute Gasteiger partial charge is 0.220 e. The molecule has 0 bridgehead atoms. The fourth-order valence-corrected chi connectivity index (χ4v) is 5.24. The van der Waals surface area contributed by atoms with E-state index in [1.165, 1.54) is 17.3 Å². The first kappa shape index (κ1) is 27.7. The van der Waals surface area contributed by atoms with Gasteiger partial charge in [0.1, 0.15) is 17.7 Å². The molecule has 0 fully saturated rings. The van der Waals surface area contributed by atoms with Gasteiger partial charge in [-0.3, -0.25) is 14.7 Å². The van der Waals surface area contributed by atoms with Gasteiger partial charge in [-0.1, -0.05) is 42.1 Å². The molecular weight excluding hydrogens is 514 g/mol.